The third-order valence-electron chi connectivity index (χ3n) is 3.75. The highest BCUT2D eigenvalue weighted by atomic mass is 32.2. The number of hydrogen-bond donors (Lipinski definition) is 1. The van der Waals surface area contributed by atoms with E-state index >= 15 is 0 Å². The lowest BCUT2D eigenvalue weighted by Gasteiger charge is -2.34. The zero-order chi connectivity index (χ0) is 22.7. The molecule has 0 aliphatic heterocycles. The minimum Gasteiger partial charge on any atom is -0.457 e. The monoisotopic (exact) mass is 458 g/mol. The van der Waals surface area contributed by atoms with Crippen molar-refractivity contribution in [1.82, 2.24) is 0 Å². The van der Waals surface area contributed by atoms with E-state index in [1.807, 2.05) is 0 Å². The molecular formula is C14H16F6O8S. The molecule has 168 valence electrons. The third kappa shape index (κ3) is 6.05. The lowest BCUT2D eigenvalue weighted by Crippen LogP contribution is -2.60. The van der Waals surface area contributed by atoms with Crippen molar-refractivity contribution in [3.8, 4) is 0 Å². The second-order valence-corrected chi connectivity index (χ2v) is 7.52. The van der Waals surface area contributed by atoms with E-state index in [0.717, 1.165) is 0 Å². The average molecular weight is 458 g/mol. The minimum atomic E-state index is -6.28. The molecule has 0 aromatic heterocycles. The van der Waals surface area contributed by atoms with Gasteiger partial charge in [0.05, 0.1) is 0 Å². The summed E-state index contributed by atoms with van der Waals surface area (Å²) in [6, 6.07) is 0. The number of hydrogen-bond acceptors (Lipinski definition) is 7. The molecule has 0 spiro atoms. The maximum Gasteiger partial charge on any atom is 0.468 e. The lowest BCUT2D eigenvalue weighted by molar-refractivity contribution is -0.361. The molecule has 1 N–H and O–H groups in total. The van der Waals surface area contributed by atoms with Crippen molar-refractivity contribution in [2.24, 2.45) is 0 Å². The number of carbonyl (C=O) groups is 2. The van der Waals surface area contributed by atoms with Gasteiger partial charge >= 0.3 is 39.3 Å². The molecule has 1 fully saturated rings. The first-order valence-corrected chi connectivity index (χ1v) is 9.32. The Morgan fingerprint density at radius 2 is 1.59 bits per heavy atom. The van der Waals surface area contributed by atoms with Crippen LogP contribution in [0.3, 0.4) is 0 Å². The third-order valence-corrected chi connectivity index (χ3v) is 4.62. The van der Waals surface area contributed by atoms with Crippen LogP contribution in [0.5, 0.6) is 0 Å². The Morgan fingerprint density at radius 1 is 1.07 bits per heavy atom. The molecule has 15 heteroatoms. The van der Waals surface area contributed by atoms with Crippen molar-refractivity contribution < 1.29 is 63.1 Å². The van der Waals surface area contributed by atoms with Gasteiger partial charge in [0.15, 0.2) is 0 Å². The predicted molar refractivity (Wildman–Crippen MR) is 80.5 cm³/mol. The summed E-state index contributed by atoms with van der Waals surface area (Å²) in [7, 11) is -6.28. The molecule has 0 amide bonds. The molecule has 29 heavy (non-hydrogen) atoms. The molecule has 1 saturated carbocycles. The van der Waals surface area contributed by atoms with Crippen molar-refractivity contribution in [1.29, 1.82) is 0 Å². The second-order valence-electron chi connectivity index (χ2n) is 5.98. The average Bonchev–Trinajstić information content (AvgIpc) is 2.56. The van der Waals surface area contributed by atoms with Crippen LogP contribution in [0.1, 0.15) is 32.1 Å². The quantitative estimate of drug-likeness (QED) is 0.194. The maximum atomic E-state index is 13.6. The van der Waals surface area contributed by atoms with Crippen LogP contribution in [0.4, 0.5) is 26.3 Å². The van der Waals surface area contributed by atoms with Crippen molar-refractivity contribution in [3.05, 3.63) is 12.4 Å². The first-order valence-electron chi connectivity index (χ1n) is 7.88. The lowest BCUT2D eigenvalue weighted by atomic mass is 9.98. The molecule has 0 aromatic rings. The highest BCUT2D eigenvalue weighted by Gasteiger charge is 2.69. The molecule has 0 heterocycles. The van der Waals surface area contributed by atoms with Gasteiger partial charge in [0.1, 0.15) is 12.7 Å². The zero-order valence-electron chi connectivity index (χ0n) is 14.5. The van der Waals surface area contributed by atoms with Crippen molar-refractivity contribution >= 4 is 22.1 Å². The van der Waals surface area contributed by atoms with Gasteiger partial charge in [-0.2, -0.15) is 34.8 Å². The Hall–Kier alpha value is -1.87. The van der Waals surface area contributed by atoms with E-state index in [1.54, 1.807) is 0 Å². The van der Waals surface area contributed by atoms with Crippen molar-refractivity contribution in [2.75, 3.05) is 6.61 Å². The van der Waals surface area contributed by atoms with Gasteiger partial charge in [-0.15, -0.1) is 0 Å². The Kier molecular flexibility index (Phi) is 7.70. The van der Waals surface area contributed by atoms with Gasteiger partial charge in [-0.3, -0.25) is 4.55 Å². The van der Waals surface area contributed by atoms with Crippen LogP contribution in [0.15, 0.2) is 12.4 Å². The summed E-state index contributed by atoms with van der Waals surface area (Å²) in [6.07, 6.45) is -5.42. The van der Waals surface area contributed by atoms with E-state index in [9.17, 15) is 44.3 Å². The van der Waals surface area contributed by atoms with Gasteiger partial charge in [-0.1, -0.05) is 13.0 Å². The van der Waals surface area contributed by atoms with Gasteiger partial charge in [0.2, 0.25) is 5.83 Å². The highest BCUT2D eigenvalue weighted by molar-refractivity contribution is 7.86. The molecule has 8 nitrogen and oxygen atoms in total. The van der Waals surface area contributed by atoms with E-state index in [-0.39, 0.29) is 12.8 Å². The molecule has 0 aromatic carbocycles. The normalized spacial score (nSPS) is 18.6. The van der Waals surface area contributed by atoms with E-state index in [4.69, 9.17) is 4.55 Å². The predicted octanol–water partition coefficient (Wildman–Crippen LogP) is 2.64. The Morgan fingerprint density at radius 3 is 2.00 bits per heavy atom. The van der Waals surface area contributed by atoms with Gasteiger partial charge < -0.3 is 14.2 Å². The summed E-state index contributed by atoms with van der Waals surface area (Å²) in [5.74, 6) is -12.1. The van der Waals surface area contributed by atoms with Crippen LogP contribution < -0.4 is 0 Å². The molecule has 1 aliphatic rings. The van der Waals surface area contributed by atoms with Crippen LogP contribution in [0, 0.1) is 0 Å². The van der Waals surface area contributed by atoms with E-state index < -0.39 is 57.8 Å². The number of halogens is 6. The van der Waals surface area contributed by atoms with Crippen LogP contribution in [-0.4, -0.2) is 54.8 Å². The van der Waals surface area contributed by atoms with E-state index in [1.165, 1.54) is 0 Å². The Labute approximate surface area is 160 Å². The summed E-state index contributed by atoms with van der Waals surface area (Å²) < 4.78 is 122. The van der Waals surface area contributed by atoms with Gasteiger partial charge in [-0.05, 0) is 25.7 Å². The molecule has 1 rings (SSSR count). The van der Waals surface area contributed by atoms with Crippen molar-refractivity contribution in [2.45, 2.75) is 55.4 Å². The molecule has 1 atom stereocenters. The summed E-state index contributed by atoms with van der Waals surface area (Å²) >= 11 is 0. The fraction of sp³-hybridized carbons (Fsp3) is 0.714. The zero-order valence-corrected chi connectivity index (χ0v) is 15.3. The Bertz CT molecular complexity index is 744. The summed E-state index contributed by atoms with van der Waals surface area (Å²) in [5, 5.41) is -5.34. The smallest absolute Gasteiger partial charge is 0.457 e. The van der Waals surface area contributed by atoms with Crippen LogP contribution in [0.2, 0.25) is 0 Å². The number of alkyl halides is 5. The fourth-order valence-electron chi connectivity index (χ4n) is 2.24. The maximum absolute atomic E-state index is 13.6. The highest BCUT2D eigenvalue weighted by Crippen LogP contribution is 2.39. The topological polar surface area (TPSA) is 116 Å². The van der Waals surface area contributed by atoms with Gasteiger partial charge in [-0.25, -0.2) is 9.59 Å². The van der Waals surface area contributed by atoms with Crippen molar-refractivity contribution in [3.63, 3.8) is 0 Å². The van der Waals surface area contributed by atoms with Crippen LogP contribution in [0.25, 0.3) is 0 Å². The first kappa shape index (κ1) is 25.2. The van der Waals surface area contributed by atoms with Crippen LogP contribution >= 0.6 is 0 Å². The largest absolute Gasteiger partial charge is 0.468 e. The molecule has 0 radical (unpaired) electrons. The molecule has 0 bridgehead atoms. The molecule has 0 saturated heterocycles. The SMILES string of the molecule is C=C(F)C(=O)OC(OCC(F)(F)S(=O)(=O)O)(C(=O)OC1CCCCC1)C(F)(F)F. The van der Waals surface area contributed by atoms with E-state index in [2.05, 4.69) is 20.8 Å². The summed E-state index contributed by atoms with van der Waals surface area (Å²) in [5.41, 5.74) is 0. The van der Waals surface area contributed by atoms with Gasteiger partial charge in [0, 0.05) is 0 Å². The van der Waals surface area contributed by atoms with Crippen LogP contribution in [-0.2, 0) is 33.9 Å². The summed E-state index contributed by atoms with van der Waals surface area (Å²) in [6.45, 7) is -0.436. The number of rotatable bonds is 8. The molecular weight excluding hydrogens is 442 g/mol. The fourth-order valence-corrected chi connectivity index (χ4v) is 2.45. The standard InChI is InChI=1S/C14H16F6O8S/c1-8(15)10(21)28-13(14(18,19)20,26-7-12(16,17)29(23,24)25)11(22)27-9-5-3-2-4-6-9/h9H,1-7H2,(H,23,24,25). The Balaban J connectivity index is 3.31. The second kappa shape index (κ2) is 8.87. The number of ether oxygens (including phenoxy) is 3. The summed E-state index contributed by atoms with van der Waals surface area (Å²) in [4.78, 5) is 23.4. The number of esters is 2. The van der Waals surface area contributed by atoms with E-state index in [0.29, 0.717) is 19.3 Å². The number of carbonyl (C=O) groups excluding carboxylic acids is 2. The minimum absolute atomic E-state index is 0.102. The molecule has 1 unspecified atom stereocenters. The first-order chi connectivity index (χ1) is 13.0. The molecule has 1 aliphatic carbocycles. The van der Waals surface area contributed by atoms with Gasteiger partial charge in [0.25, 0.3) is 0 Å².